The minimum atomic E-state index is 0.208. The van der Waals surface area contributed by atoms with Crippen molar-refractivity contribution >= 4 is 40.5 Å². The van der Waals surface area contributed by atoms with Crippen LogP contribution in [0.5, 0.6) is 0 Å². The third-order valence-electron chi connectivity index (χ3n) is 2.79. The van der Waals surface area contributed by atoms with Crippen molar-refractivity contribution in [2.45, 2.75) is 18.9 Å². The molecule has 1 aliphatic rings. The maximum atomic E-state index is 6.16. The van der Waals surface area contributed by atoms with Crippen LogP contribution in [0.2, 0.25) is 15.1 Å². The van der Waals surface area contributed by atoms with E-state index >= 15 is 0 Å². The van der Waals surface area contributed by atoms with E-state index in [2.05, 4.69) is 4.90 Å². The normalized spacial score (nSPS) is 21.2. The highest BCUT2D eigenvalue weighted by Gasteiger charge is 2.19. The minimum Gasteiger partial charge on any atom is -0.369 e. The molecule has 0 amide bonds. The van der Waals surface area contributed by atoms with Gasteiger partial charge < -0.3 is 10.6 Å². The smallest absolute Gasteiger partial charge is 0.0655 e. The molecule has 88 valence electrons. The van der Waals surface area contributed by atoms with Crippen LogP contribution in [0, 0.1) is 0 Å². The number of hydrogen-bond acceptors (Lipinski definition) is 2. The fourth-order valence-corrected chi connectivity index (χ4v) is 2.64. The van der Waals surface area contributed by atoms with Crippen molar-refractivity contribution in [1.82, 2.24) is 0 Å². The number of nitrogens with two attached hydrogens (primary N) is 1. The van der Waals surface area contributed by atoms with E-state index in [-0.39, 0.29) is 6.04 Å². The van der Waals surface area contributed by atoms with Crippen LogP contribution in [0.1, 0.15) is 12.8 Å². The molecule has 1 aliphatic heterocycles. The van der Waals surface area contributed by atoms with Gasteiger partial charge in [0.25, 0.3) is 0 Å². The largest absolute Gasteiger partial charge is 0.369 e. The molecule has 1 fully saturated rings. The zero-order chi connectivity index (χ0) is 11.7. The molecule has 2 nitrogen and oxygen atoms in total. The molecule has 0 radical (unpaired) electrons. The van der Waals surface area contributed by atoms with Gasteiger partial charge in [-0.3, -0.25) is 0 Å². The Kier molecular flexibility index (Phi) is 3.85. The second-order valence-electron chi connectivity index (χ2n) is 4.07. The maximum absolute atomic E-state index is 6.16. The third-order valence-corrected chi connectivity index (χ3v) is 3.81. The van der Waals surface area contributed by atoms with E-state index in [4.69, 9.17) is 40.5 Å². The molecule has 1 aromatic rings. The molecular weight excluding hydrogens is 266 g/mol. The van der Waals surface area contributed by atoms with E-state index in [1.807, 2.05) is 6.07 Å². The molecule has 1 unspecified atom stereocenters. The standard InChI is InChI=1S/C11H13Cl3N2/c12-8-4-10(14)11(5-9(8)13)16-3-1-2-7(15)6-16/h4-5,7H,1-3,6,15H2. The molecule has 1 atom stereocenters. The summed E-state index contributed by atoms with van der Waals surface area (Å²) in [5.74, 6) is 0. The van der Waals surface area contributed by atoms with Crippen LogP contribution < -0.4 is 10.6 Å². The predicted octanol–water partition coefficient (Wildman–Crippen LogP) is 3.57. The topological polar surface area (TPSA) is 29.3 Å². The van der Waals surface area contributed by atoms with Crippen LogP contribution >= 0.6 is 34.8 Å². The molecular formula is C11H13Cl3N2. The first-order valence-corrected chi connectivity index (χ1v) is 6.36. The van der Waals surface area contributed by atoms with Crippen molar-refractivity contribution in [2.75, 3.05) is 18.0 Å². The Morgan fingerprint density at radius 1 is 1.12 bits per heavy atom. The molecule has 0 aromatic heterocycles. The summed E-state index contributed by atoms with van der Waals surface area (Å²) in [6, 6.07) is 3.70. The van der Waals surface area contributed by atoms with E-state index in [0.29, 0.717) is 15.1 Å². The first-order valence-electron chi connectivity index (χ1n) is 5.23. The van der Waals surface area contributed by atoms with Crippen LogP contribution in [0.25, 0.3) is 0 Å². The molecule has 0 bridgehead atoms. The van der Waals surface area contributed by atoms with Crippen LogP contribution in [-0.4, -0.2) is 19.1 Å². The number of anilines is 1. The maximum Gasteiger partial charge on any atom is 0.0655 e. The summed E-state index contributed by atoms with van der Waals surface area (Å²) in [6.07, 6.45) is 2.15. The molecule has 16 heavy (non-hydrogen) atoms. The van der Waals surface area contributed by atoms with Gasteiger partial charge in [-0.1, -0.05) is 34.8 Å². The van der Waals surface area contributed by atoms with Crippen LogP contribution in [0.4, 0.5) is 5.69 Å². The average molecular weight is 280 g/mol. The lowest BCUT2D eigenvalue weighted by molar-refractivity contribution is 0.506. The summed E-state index contributed by atoms with van der Waals surface area (Å²) in [6.45, 7) is 1.78. The Morgan fingerprint density at radius 2 is 1.81 bits per heavy atom. The van der Waals surface area contributed by atoms with Crippen molar-refractivity contribution in [3.63, 3.8) is 0 Å². The quantitative estimate of drug-likeness (QED) is 0.796. The van der Waals surface area contributed by atoms with Gasteiger partial charge in [0.05, 0.1) is 20.8 Å². The van der Waals surface area contributed by atoms with Gasteiger partial charge in [0.1, 0.15) is 0 Å². The molecule has 2 rings (SSSR count). The summed E-state index contributed by atoms with van der Waals surface area (Å²) in [5.41, 5.74) is 6.86. The van der Waals surface area contributed by atoms with Crippen LogP contribution in [0.3, 0.4) is 0 Å². The third kappa shape index (κ3) is 2.57. The van der Waals surface area contributed by atoms with Crippen molar-refractivity contribution in [2.24, 2.45) is 5.73 Å². The first kappa shape index (κ1) is 12.3. The molecule has 1 saturated heterocycles. The summed E-state index contributed by atoms with van der Waals surface area (Å²) in [4.78, 5) is 2.17. The monoisotopic (exact) mass is 278 g/mol. The Morgan fingerprint density at radius 3 is 2.50 bits per heavy atom. The number of piperidine rings is 1. The lowest BCUT2D eigenvalue weighted by atomic mass is 10.1. The molecule has 1 heterocycles. The highest BCUT2D eigenvalue weighted by atomic mass is 35.5. The van der Waals surface area contributed by atoms with Gasteiger partial charge in [-0.05, 0) is 25.0 Å². The fourth-order valence-electron chi connectivity index (χ4n) is 1.98. The lowest BCUT2D eigenvalue weighted by Gasteiger charge is -2.33. The second kappa shape index (κ2) is 5.01. The Labute approximate surface area is 110 Å². The van der Waals surface area contributed by atoms with E-state index in [0.717, 1.165) is 31.6 Å². The second-order valence-corrected chi connectivity index (χ2v) is 5.29. The number of benzene rings is 1. The van der Waals surface area contributed by atoms with E-state index in [9.17, 15) is 0 Å². The van der Waals surface area contributed by atoms with Crippen LogP contribution in [-0.2, 0) is 0 Å². The molecule has 1 aromatic carbocycles. The Hall–Kier alpha value is -0.150. The van der Waals surface area contributed by atoms with Crippen molar-refractivity contribution in [3.8, 4) is 0 Å². The van der Waals surface area contributed by atoms with E-state index in [1.54, 1.807) is 6.07 Å². The summed E-state index contributed by atoms with van der Waals surface area (Å²) < 4.78 is 0. The Bertz CT molecular complexity index is 395. The molecule has 5 heteroatoms. The summed E-state index contributed by atoms with van der Waals surface area (Å²) >= 11 is 18.0. The zero-order valence-electron chi connectivity index (χ0n) is 8.72. The summed E-state index contributed by atoms with van der Waals surface area (Å²) in [7, 11) is 0. The zero-order valence-corrected chi connectivity index (χ0v) is 11.0. The molecule has 0 spiro atoms. The number of nitrogens with zero attached hydrogens (tertiary/aromatic N) is 1. The van der Waals surface area contributed by atoms with Gasteiger partial charge in [-0.25, -0.2) is 0 Å². The van der Waals surface area contributed by atoms with E-state index in [1.165, 1.54) is 0 Å². The van der Waals surface area contributed by atoms with E-state index < -0.39 is 0 Å². The number of halogens is 3. The molecule has 0 aliphatic carbocycles. The predicted molar refractivity (Wildman–Crippen MR) is 70.9 cm³/mol. The summed E-state index contributed by atoms with van der Waals surface area (Å²) in [5, 5.41) is 1.64. The van der Waals surface area contributed by atoms with Gasteiger partial charge >= 0.3 is 0 Å². The van der Waals surface area contributed by atoms with Gasteiger partial charge in [0, 0.05) is 19.1 Å². The van der Waals surface area contributed by atoms with Gasteiger partial charge in [-0.2, -0.15) is 0 Å². The SMILES string of the molecule is NC1CCCN(c2cc(Cl)c(Cl)cc2Cl)C1. The number of rotatable bonds is 1. The van der Waals surface area contributed by atoms with Gasteiger partial charge in [0.2, 0.25) is 0 Å². The number of hydrogen-bond donors (Lipinski definition) is 1. The Balaban J connectivity index is 2.29. The first-order chi connectivity index (χ1) is 7.58. The van der Waals surface area contributed by atoms with Crippen LogP contribution in [0.15, 0.2) is 12.1 Å². The fraction of sp³-hybridized carbons (Fsp3) is 0.455. The molecule has 0 saturated carbocycles. The van der Waals surface area contributed by atoms with Crippen molar-refractivity contribution in [1.29, 1.82) is 0 Å². The highest BCUT2D eigenvalue weighted by Crippen LogP contribution is 2.35. The van der Waals surface area contributed by atoms with Gasteiger partial charge in [-0.15, -0.1) is 0 Å². The molecule has 2 N–H and O–H groups in total. The average Bonchev–Trinajstić information content (AvgIpc) is 2.23. The minimum absolute atomic E-state index is 0.208. The van der Waals surface area contributed by atoms with Crippen molar-refractivity contribution in [3.05, 3.63) is 27.2 Å². The van der Waals surface area contributed by atoms with Crippen molar-refractivity contribution < 1.29 is 0 Å². The highest BCUT2D eigenvalue weighted by molar-refractivity contribution is 6.44. The van der Waals surface area contributed by atoms with Gasteiger partial charge in [0.15, 0.2) is 0 Å². The lowest BCUT2D eigenvalue weighted by Crippen LogP contribution is -2.42.